The molecule has 0 saturated carbocycles. The van der Waals surface area contributed by atoms with Gasteiger partial charge in [-0.15, -0.1) is 0 Å². The lowest BCUT2D eigenvalue weighted by Crippen LogP contribution is -2.38. The summed E-state index contributed by atoms with van der Waals surface area (Å²) in [4.78, 5) is 36.9. The van der Waals surface area contributed by atoms with Gasteiger partial charge in [-0.3, -0.25) is 19.1 Å². The Kier molecular flexibility index (Phi) is 11.4. The first kappa shape index (κ1) is 36.3. The molecule has 5 aromatic rings. The summed E-state index contributed by atoms with van der Waals surface area (Å²) in [7, 11) is 0. The first-order valence-electron chi connectivity index (χ1n) is 16.6. The number of nitrogens with zero attached hydrogens (tertiary/aromatic N) is 4. The first-order valence-corrected chi connectivity index (χ1v) is 16.6. The molecule has 0 N–H and O–H groups in total. The number of ether oxygens (including phenoxy) is 1. The molecule has 262 valence electrons. The fraction of sp³-hybridized carbons (Fsp3) is 0.308. The summed E-state index contributed by atoms with van der Waals surface area (Å²) in [5.74, 6) is -1.06. The van der Waals surface area contributed by atoms with Crippen LogP contribution >= 0.6 is 0 Å². The smallest absolute Gasteiger partial charge is 0.419 e. The fourth-order valence-electron chi connectivity index (χ4n) is 5.95. The largest absolute Gasteiger partial charge is 0.494 e. The number of amides is 1. The molecule has 0 saturated heterocycles. The molecule has 0 aliphatic carbocycles. The highest BCUT2D eigenvalue weighted by molar-refractivity contribution is 5.80. The van der Waals surface area contributed by atoms with Gasteiger partial charge >= 0.3 is 6.18 Å². The van der Waals surface area contributed by atoms with E-state index in [0.29, 0.717) is 35.0 Å². The molecule has 50 heavy (non-hydrogen) atoms. The normalized spacial score (nSPS) is 12.3. The number of alkyl halides is 3. The monoisotopic (exact) mass is 688 g/mol. The third-order valence-corrected chi connectivity index (χ3v) is 8.74. The van der Waals surface area contributed by atoms with Crippen molar-refractivity contribution in [1.82, 2.24) is 19.4 Å². The highest BCUT2D eigenvalue weighted by atomic mass is 19.4. The third-order valence-electron chi connectivity index (χ3n) is 8.74. The molecule has 4 aromatic carbocycles. The topological polar surface area (TPSA) is 67.7 Å². The van der Waals surface area contributed by atoms with Crippen LogP contribution in [-0.4, -0.2) is 45.0 Å². The predicted molar refractivity (Wildman–Crippen MR) is 186 cm³/mol. The van der Waals surface area contributed by atoms with Crippen LogP contribution in [0.2, 0.25) is 0 Å². The first-order chi connectivity index (χ1) is 23.9. The van der Waals surface area contributed by atoms with E-state index < -0.39 is 35.9 Å². The Morgan fingerprint density at radius 3 is 2.10 bits per heavy atom. The minimum atomic E-state index is -4.92. The maximum absolute atomic E-state index is 14.2. The molecule has 0 bridgehead atoms. The van der Waals surface area contributed by atoms with Crippen LogP contribution in [0.15, 0.2) is 95.8 Å². The lowest BCUT2D eigenvalue weighted by Gasteiger charge is -2.31. The fourth-order valence-corrected chi connectivity index (χ4v) is 5.95. The summed E-state index contributed by atoms with van der Waals surface area (Å²) in [6.45, 7) is 10.9. The molecule has 0 aliphatic rings. The average Bonchev–Trinajstić information content (AvgIpc) is 3.10. The summed E-state index contributed by atoms with van der Waals surface area (Å²) >= 11 is 0. The SMILES string of the molecule is CCOc1ccc(-n2c(C(C)N(Cc3ccc(CN(CC)CC)cc3)C(=O)Cc3ccc(F)c(C(F)(F)F)c3)nc3ccccc3c2=O)cc1. The van der Waals surface area contributed by atoms with Crippen LogP contribution in [0, 0.1) is 5.82 Å². The summed E-state index contributed by atoms with van der Waals surface area (Å²) < 4.78 is 61.9. The summed E-state index contributed by atoms with van der Waals surface area (Å²) in [6.07, 6.45) is -5.36. The molecule has 0 fully saturated rings. The Balaban J connectivity index is 1.59. The number of benzene rings is 4. The molecule has 5 rings (SSSR count). The zero-order valence-corrected chi connectivity index (χ0v) is 28.5. The molecule has 0 radical (unpaired) electrons. The van der Waals surface area contributed by atoms with Gasteiger partial charge in [-0.2, -0.15) is 13.2 Å². The van der Waals surface area contributed by atoms with Gasteiger partial charge in [-0.05, 0) is 92.2 Å². The maximum Gasteiger partial charge on any atom is 0.419 e. The van der Waals surface area contributed by atoms with E-state index in [4.69, 9.17) is 9.72 Å². The van der Waals surface area contributed by atoms with Crippen molar-refractivity contribution in [2.24, 2.45) is 0 Å². The number of carbonyl (C=O) groups excluding carboxylic acids is 1. The Labute approximate surface area is 288 Å². The van der Waals surface area contributed by atoms with Crippen LogP contribution in [0.4, 0.5) is 17.6 Å². The van der Waals surface area contributed by atoms with Gasteiger partial charge < -0.3 is 9.64 Å². The van der Waals surface area contributed by atoms with E-state index in [1.54, 1.807) is 55.5 Å². The van der Waals surface area contributed by atoms with Gasteiger partial charge in [0.15, 0.2) is 0 Å². The second kappa shape index (κ2) is 15.7. The molecule has 7 nitrogen and oxygen atoms in total. The van der Waals surface area contributed by atoms with Crippen LogP contribution in [0.1, 0.15) is 61.8 Å². The number of aromatic nitrogens is 2. The van der Waals surface area contributed by atoms with E-state index in [-0.39, 0.29) is 23.5 Å². The molecule has 1 heterocycles. The Bertz CT molecular complexity index is 1990. The van der Waals surface area contributed by atoms with Crippen molar-refractivity contribution in [1.29, 1.82) is 0 Å². The van der Waals surface area contributed by atoms with E-state index in [1.165, 1.54) is 15.5 Å². The number of halogens is 4. The average molecular weight is 689 g/mol. The van der Waals surface area contributed by atoms with E-state index in [0.717, 1.165) is 36.8 Å². The number of fused-ring (bicyclic) bond motifs is 1. The number of hydrogen-bond acceptors (Lipinski definition) is 5. The minimum absolute atomic E-state index is 0.00543. The van der Waals surface area contributed by atoms with Crippen molar-refractivity contribution in [3.63, 3.8) is 0 Å². The summed E-state index contributed by atoms with van der Waals surface area (Å²) in [6, 6.07) is 23.4. The van der Waals surface area contributed by atoms with Gasteiger partial charge in [0.05, 0.1) is 41.2 Å². The highest BCUT2D eigenvalue weighted by Crippen LogP contribution is 2.33. The highest BCUT2D eigenvalue weighted by Gasteiger charge is 2.35. The van der Waals surface area contributed by atoms with Crippen molar-refractivity contribution < 1.29 is 27.1 Å². The third kappa shape index (κ3) is 8.22. The predicted octanol–water partition coefficient (Wildman–Crippen LogP) is 8.12. The van der Waals surface area contributed by atoms with Gasteiger partial charge in [-0.25, -0.2) is 9.37 Å². The molecule has 1 atom stereocenters. The van der Waals surface area contributed by atoms with Gasteiger partial charge in [0.2, 0.25) is 5.91 Å². The zero-order chi connectivity index (χ0) is 36.0. The van der Waals surface area contributed by atoms with Crippen LogP contribution in [0.3, 0.4) is 0 Å². The van der Waals surface area contributed by atoms with E-state index >= 15 is 0 Å². The molecule has 1 unspecified atom stereocenters. The summed E-state index contributed by atoms with van der Waals surface area (Å²) in [5, 5.41) is 0.380. The van der Waals surface area contributed by atoms with Crippen molar-refractivity contribution in [3.05, 3.63) is 135 Å². The molecular formula is C39H40F4N4O3. The number of hydrogen-bond donors (Lipinski definition) is 0. The van der Waals surface area contributed by atoms with Crippen molar-refractivity contribution >= 4 is 16.8 Å². The molecule has 0 spiro atoms. The van der Waals surface area contributed by atoms with Crippen LogP contribution in [-0.2, 0) is 30.5 Å². The summed E-state index contributed by atoms with van der Waals surface area (Å²) in [5.41, 5.74) is 1.03. The molecule has 1 amide bonds. The maximum atomic E-state index is 14.2. The lowest BCUT2D eigenvalue weighted by atomic mass is 10.0. The van der Waals surface area contributed by atoms with Gasteiger partial charge in [0, 0.05) is 13.1 Å². The quantitative estimate of drug-likeness (QED) is 0.117. The zero-order valence-electron chi connectivity index (χ0n) is 28.5. The van der Waals surface area contributed by atoms with Crippen LogP contribution in [0.25, 0.3) is 16.6 Å². The number of rotatable bonds is 13. The van der Waals surface area contributed by atoms with E-state index in [9.17, 15) is 27.2 Å². The Morgan fingerprint density at radius 2 is 1.48 bits per heavy atom. The Morgan fingerprint density at radius 1 is 0.860 bits per heavy atom. The van der Waals surface area contributed by atoms with Crippen LogP contribution in [0.5, 0.6) is 5.75 Å². The van der Waals surface area contributed by atoms with Crippen molar-refractivity contribution in [2.75, 3.05) is 19.7 Å². The minimum Gasteiger partial charge on any atom is -0.494 e. The molecule has 11 heteroatoms. The second-order valence-corrected chi connectivity index (χ2v) is 12.0. The lowest BCUT2D eigenvalue weighted by molar-refractivity contribution is -0.140. The Hall–Kier alpha value is -5.03. The molecule has 0 aliphatic heterocycles. The molecule has 1 aromatic heterocycles. The van der Waals surface area contributed by atoms with Gasteiger partial charge in [-0.1, -0.05) is 56.3 Å². The molecular weight excluding hydrogens is 648 g/mol. The standard InChI is InChI=1S/C39H40F4N4O3/c1-5-45(6-2)24-27-12-14-28(15-13-27)25-46(36(48)23-29-16-21-34(40)33(22-29)39(41,42)43)26(4)37-44-35-11-9-8-10-32(35)38(49)47(37)30-17-19-31(20-18-30)50-7-3/h8-22,26H,5-7,23-25H2,1-4H3. The van der Waals surface area contributed by atoms with Gasteiger partial charge in [0.1, 0.15) is 17.4 Å². The second-order valence-electron chi connectivity index (χ2n) is 12.0. The van der Waals surface area contributed by atoms with E-state index in [1.807, 2.05) is 31.2 Å². The number of para-hydroxylation sites is 1. The number of carbonyl (C=O) groups is 1. The van der Waals surface area contributed by atoms with E-state index in [2.05, 4.69) is 18.7 Å². The van der Waals surface area contributed by atoms with Crippen LogP contribution < -0.4 is 10.3 Å². The van der Waals surface area contributed by atoms with Crippen molar-refractivity contribution in [3.8, 4) is 11.4 Å². The van der Waals surface area contributed by atoms with Gasteiger partial charge in [0.25, 0.3) is 5.56 Å². The van der Waals surface area contributed by atoms with Crippen molar-refractivity contribution in [2.45, 2.75) is 59.4 Å².